The predicted molar refractivity (Wildman–Crippen MR) is 69.6 cm³/mol. The van der Waals surface area contributed by atoms with Crippen molar-refractivity contribution < 1.29 is 22.7 Å². The lowest BCUT2D eigenvalue weighted by atomic mass is 9.56. The van der Waals surface area contributed by atoms with Crippen LogP contribution in [0.2, 0.25) is 0 Å². The summed E-state index contributed by atoms with van der Waals surface area (Å²) in [4.78, 5) is 12.3. The zero-order valence-electron chi connectivity index (χ0n) is 11.4. The third-order valence-electron chi connectivity index (χ3n) is 4.35. The van der Waals surface area contributed by atoms with Gasteiger partial charge in [-0.25, -0.2) is 0 Å². The van der Waals surface area contributed by atoms with Gasteiger partial charge < -0.3 is 9.64 Å². The van der Waals surface area contributed by atoms with Crippen molar-refractivity contribution >= 4 is 6.41 Å². The maximum Gasteiger partial charge on any atom is 0.573 e. The maximum absolute atomic E-state index is 12.1. The molecule has 1 spiro atoms. The number of hydrogen-bond acceptors (Lipinski definition) is 2. The Hall–Kier alpha value is -1.72. The van der Waals surface area contributed by atoms with Crippen LogP contribution in [0.15, 0.2) is 24.3 Å². The van der Waals surface area contributed by atoms with Crippen molar-refractivity contribution in [2.75, 3.05) is 13.1 Å². The Kier molecular flexibility index (Phi) is 3.34. The number of carbonyl (C=O) groups is 1. The summed E-state index contributed by atoms with van der Waals surface area (Å²) >= 11 is 0. The highest BCUT2D eigenvalue weighted by atomic mass is 19.4. The number of likely N-dealkylation sites (tertiary alicyclic amines) is 1. The van der Waals surface area contributed by atoms with Crippen molar-refractivity contribution in [1.82, 2.24) is 4.90 Å². The Morgan fingerprint density at radius 2 is 1.86 bits per heavy atom. The third kappa shape index (κ3) is 3.14. The first-order valence-electron chi connectivity index (χ1n) is 6.92. The van der Waals surface area contributed by atoms with E-state index in [0.29, 0.717) is 11.3 Å². The molecule has 1 saturated carbocycles. The summed E-state index contributed by atoms with van der Waals surface area (Å²) in [6, 6.07) is 6.08. The molecule has 0 N–H and O–H groups in total. The summed E-state index contributed by atoms with van der Waals surface area (Å²) in [7, 11) is 0. The SMILES string of the molecule is O=CN1CC2(CC(Cc3ccc(OC(F)(F)F)cc3)C2)C1. The summed E-state index contributed by atoms with van der Waals surface area (Å²) in [6.07, 6.45) is -0.695. The van der Waals surface area contributed by atoms with Crippen LogP contribution in [0.1, 0.15) is 18.4 Å². The number of ether oxygens (including phenoxy) is 1. The Morgan fingerprint density at radius 3 is 2.38 bits per heavy atom. The van der Waals surface area contributed by atoms with Crippen molar-refractivity contribution in [3.63, 3.8) is 0 Å². The van der Waals surface area contributed by atoms with Gasteiger partial charge in [0.05, 0.1) is 0 Å². The summed E-state index contributed by atoms with van der Waals surface area (Å²) in [6.45, 7) is 1.71. The van der Waals surface area contributed by atoms with Gasteiger partial charge in [-0.1, -0.05) is 12.1 Å². The zero-order chi connectivity index (χ0) is 15.1. The van der Waals surface area contributed by atoms with Gasteiger partial charge in [0, 0.05) is 18.5 Å². The molecule has 0 unspecified atom stereocenters. The average Bonchev–Trinajstić information content (AvgIpc) is 2.30. The minimum absolute atomic E-state index is 0.183. The van der Waals surface area contributed by atoms with Crippen molar-refractivity contribution in [1.29, 1.82) is 0 Å². The number of alkyl halides is 3. The van der Waals surface area contributed by atoms with Crippen LogP contribution in [0.3, 0.4) is 0 Å². The molecule has 0 radical (unpaired) electrons. The van der Waals surface area contributed by atoms with Crippen LogP contribution in [0.5, 0.6) is 5.75 Å². The summed E-state index contributed by atoms with van der Waals surface area (Å²) in [5, 5.41) is 0. The molecule has 1 aromatic carbocycles. The standard InChI is InChI=1S/C15H16F3NO2/c16-15(17,18)21-13-3-1-11(2-4-13)5-12-6-14(7-12)8-19(9-14)10-20/h1-4,10,12H,5-9H2. The Labute approximate surface area is 120 Å². The molecule has 0 atom stereocenters. The van der Waals surface area contributed by atoms with E-state index in [4.69, 9.17) is 0 Å². The molecule has 2 fully saturated rings. The Balaban J connectivity index is 1.48. The third-order valence-corrected chi connectivity index (χ3v) is 4.35. The summed E-state index contributed by atoms with van der Waals surface area (Å²) in [5.41, 5.74) is 1.35. The molecule has 1 aliphatic carbocycles. The van der Waals surface area contributed by atoms with Gasteiger partial charge in [-0.05, 0) is 42.9 Å². The molecular formula is C15H16F3NO2. The van der Waals surface area contributed by atoms with Crippen LogP contribution in [0, 0.1) is 11.3 Å². The van der Waals surface area contributed by atoms with Crippen molar-refractivity contribution in [3.05, 3.63) is 29.8 Å². The molecule has 0 aromatic heterocycles. The van der Waals surface area contributed by atoms with E-state index in [2.05, 4.69) is 4.74 Å². The quantitative estimate of drug-likeness (QED) is 0.800. The first-order valence-corrected chi connectivity index (χ1v) is 6.92. The van der Waals surface area contributed by atoms with Gasteiger partial charge in [0.1, 0.15) is 5.75 Å². The van der Waals surface area contributed by atoms with E-state index in [-0.39, 0.29) is 5.75 Å². The van der Waals surface area contributed by atoms with Crippen LogP contribution < -0.4 is 4.74 Å². The molecule has 3 rings (SSSR count). The Morgan fingerprint density at radius 1 is 1.24 bits per heavy atom. The van der Waals surface area contributed by atoms with Gasteiger partial charge >= 0.3 is 6.36 Å². The van der Waals surface area contributed by atoms with Crippen LogP contribution in [0.4, 0.5) is 13.2 Å². The smallest absolute Gasteiger partial charge is 0.406 e. The maximum atomic E-state index is 12.1. The van der Waals surface area contributed by atoms with Gasteiger partial charge in [-0.15, -0.1) is 13.2 Å². The lowest BCUT2D eigenvalue weighted by Gasteiger charge is -2.58. The van der Waals surface area contributed by atoms with Crippen LogP contribution >= 0.6 is 0 Å². The minimum atomic E-state index is -4.64. The van der Waals surface area contributed by atoms with E-state index in [1.165, 1.54) is 12.1 Å². The second-order valence-electron chi connectivity index (χ2n) is 6.18. The second-order valence-corrected chi connectivity index (χ2v) is 6.18. The first kappa shape index (κ1) is 14.2. The molecule has 6 heteroatoms. The molecule has 1 aromatic rings. The topological polar surface area (TPSA) is 29.5 Å². The minimum Gasteiger partial charge on any atom is -0.406 e. The number of benzene rings is 1. The van der Waals surface area contributed by atoms with Gasteiger partial charge in [0.2, 0.25) is 6.41 Å². The van der Waals surface area contributed by atoms with E-state index in [0.717, 1.165) is 44.3 Å². The summed E-state index contributed by atoms with van der Waals surface area (Å²) in [5.74, 6) is 0.380. The fourth-order valence-corrected chi connectivity index (χ4v) is 3.62. The molecule has 1 heterocycles. The number of hydrogen-bond donors (Lipinski definition) is 0. The van der Waals surface area contributed by atoms with Crippen molar-refractivity contribution in [3.8, 4) is 5.75 Å². The van der Waals surface area contributed by atoms with E-state index in [1.807, 2.05) is 0 Å². The second kappa shape index (κ2) is 4.93. The molecule has 1 aliphatic heterocycles. The number of rotatable bonds is 4. The van der Waals surface area contributed by atoms with Crippen LogP contribution in [-0.2, 0) is 11.2 Å². The zero-order valence-corrected chi connectivity index (χ0v) is 11.4. The van der Waals surface area contributed by atoms with Gasteiger partial charge in [0.15, 0.2) is 0 Å². The lowest BCUT2D eigenvalue weighted by Crippen LogP contribution is -2.61. The Bertz CT molecular complexity index is 513. The molecule has 1 amide bonds. The van der Waals surface area contributed by atoms with E-state index >= 15 is 0 Å². The number of nitrogens with zero attached hydrogens (tertiary/aromatic N) is 1. The highest BCUT2D eigenvalue weighted by Gasteiger charge is 2.51. The number of amides is 1. The van der Waals surface area contributed by atoms with Gasteiger partial charge in [0.25, 0.3) is 0 Å². The molecule has 21 heavy (non-hydrogen) atoms. The molecule has 2 aliphatic rings. The van der Waals surface area contributed by atoms with E-state index < -0.39 is 6.36 Å². The monoisotopic (exact) mass is 299 g/mol. The predicted octanol–water partition coefficient (Wildman–Crippen LogP) is 3.00. The van der Waals surface area contributed by atoms with Crippen molar-refractivity contribution in [2.24, 2.45) is 11.3 Å². The normalized spacial score (nSPS) is 20.8. The summed E-state index contributed by atoms with van der Waals surface area (Å²) < 4.78 is 40.0. The first-order chi connectivity index (χ1) is 9.87. The van der Waals surface area contributed by atoms with Crippen LogP contribution in [0.25, 0.3) is 0 Å². The molecule has 114 valence electrons. The van der Waals surface area contributed by atoms with Gasteiger partial charge in [-0.2, -0.15) is 0 Å². The molecule has 1 saturated heterocycles. The van der Waals surface area contributed by atoms with E-state index in [1.54, 1.807) is 17.0 Å². The van der Waals surface area contributed by atoms with Gasteiger partial charge in [-0.3, -0.25) is 4.79 Å². The van der Waals surface area contributed by atoms with Crippen LogP contribution in [-0.4, -0.2) is 30.8 Å². The fourth-order valence-electron chi connectivity index (χ4n) is 3.62. The highest BCUT2D eigenvalue weighted by molar-refractivity contribution is 5.49. The fraction of sp³-hybridized carbons (Fsp3) is 0.533. The number of carbonyl (C=O) groups excluding carboxylic acids is 1. The molecular weight excluding hydrogens is 283 g/mol. The number of halogens is 3. The highest BCUT2D eigenvalue weighted by Crippen LogP contribution is 2.52. The molecule has 0 bridgehead atoms. The average molecular weight is 299 g/mol. The largest absolute Gasteiger partial charge is 0.573 e. The lowest BCUT2D eigenvalue weighted by molar-refractivity contribution is -0.274. The molecule has 3 nitrogen and oxygen atoms in total. The van der Waals surface area contributed by atoms with E-state index in [9.17, 15) is 18.0 Å². The van der Waals surface area contributed by atoms with Crippen molar-refractivity contribution in [2.45, 2.75) is 25.6 Å².